The normalized spacial score (nSPS) is 18.0. The van der Waals surface area contributed by atoms with E-state index < -0.39 is 0 Å². The van der Waals surface area contributed by atoms with Gasteiger partial charge in [-0.05, 0) is 56.1 Å². The maximum absolute atomic E-state index is 6.22. The predicted octanol–water partition coefficient (Wildman–Crippen LogP) is 2.75. The number of methoxy groups -OCH3 is 1. The van der Waals surface area contributed by atoms with Crippen molar-refractivity contribution in [3.05, 3.63) is 28.3 Å². The summed E-state index contributed by atoms with van der Waals surface area (Å²) in [5, 5.41) is 0.663. The minimum atomic E-state index is 0.274. The van der Waals surface area contributed by atoms with E-state index in [2.05, 4.69) is 11.8 Å². The van der Waals surface area contributed by atoms with Crippen LogP contribution in [0.4, 0.5) is 0 Å². The zero-order valence-electron chi connectivity index (χ0n) is 11.1. The van der Waals surface area contributed by atoms with Crippen molar-refractivity contribution in [2.75, 3.05) is 26.7 Å². The van der Waals surface area contributed by atoms with Gasteiger partial charge in [0.1, 0.15) is 5.75 Å². The average Bonchev–Trinajstić information content (AvgIpc) is 2.87. The molecule has 1 unspecified atom stereocenters. The predicted molar refractivity (Wildman–Crippen MR) is 75.3 cm³/mol. The number of rotatable bonds is 4. The fraction of sp³-hybridized carbons (Fsp3) is 0.571. The van der Waals surface area contributed by atoms with Gasteiger partial charge in [-0.2, -0.15) is 0 Å². The third-order valence-electron chi connectivity index (χ3n) is 3.70. The maximum Gasteiger partial charge on any atom is 0.137 e. The summed E-state index contributed by atoms with van der Waals surface area (Å²) in [6.07, 6.45) is 2.53. The van der Waals surface area contributed by atoms with Crippen molar-refractivity contribution in [3.63, 3.8) is 0 Å². The lowest BCUT2D eigenvalue weighted by Gasteiger charge is -2.28. The first-order valence-corrected chi connectivity index (χ1v) is 6.83. The van der Waals surface area contributed by atoms with Crippen molar-refractivity contribution in [2.45, 2.75) is 25.8 Å². The molecule has 1 saturated heterocycles. The van der Waals surface area contributed by atoms with Crippen LogP contribution in [-0.2, 0) is 0 Å². The smallest absolute Gasteiger partial charge is 0.137 e. The molecule has 1 atom stereocenters. The van der Waals surface area contributed by atoms with Gasteiger partial charge in [-0.15, -0.1) is 0 Å². The molecule has 0 aliphatic carbocycles. The maximum atomic E-state index is 6.22. The highest BCUT2D eigenvalue weighted by Crippen LogP contribution is 2.33. The number of halogens is 1. The van der Waals surface area contributed by atoms with Crippen molar-refractivity contribution < 1.29 is 4.74 Å². The molecule has 1 aliphatic rings. The highest BCUT2D eigenvalue weighted by atomic mass is 35.5. The van der Waals surface area contributed by atoms with E-state index in [-0.39, 0.29) is 6.04 Å². The number of likely N-dealkylation sites (tertiary alicyclic amines) is 1. The van der Waals surface area contributed by atoms with Crippen LogP contribution in [0.1, 0.15) is 30.0 Å². The van der Waals surface area contributed by atoms with Crippen LogP contribution in [0.3, 0.4) is 0 Å². The van der Waals surface area contributed by atoms with E-state index in [0.29, 0.717) is 11.6 Å². The summed E-state index contributed by atoms with van der Waals surface area (Å²) in [6.45, 7) is 4.98. The third-order valence-corrected chi connectivity index (χ3v) is 4.00. The van der Waals surface area contributed by atoms with Gasteiger partial charge in [-0.1, -0.05) is 11.6 Å². The molecular formula is C14H21ClN2O. The largest absolute Gasteiger partial charge is 0.495 e. The minimum Gasteiger partial charge on any atom is -0.495 e. The molecule has 0 bridgehead atoms. The molecule has 0 saturated carbocycles. The number of benzene rings is 1. The molecule has 18 heavy (non-hydrogen) atoms. The first-order chi connectivity index (χ1) is 8.67. The fourth-order valence-corrected chi connectivity index (χ4v) is 2.96. The Bertz CT molecular complexity index is 417. The van der Waals surface area contributed by atoms with Crippen LogP contribution in [-0.4, -0.2) is 31.6 Å². The standard InChI is InChI=1S/C14H21ClN2O/c1-10-7-14(18-2)12(15)8-11(10)13(9-16)17-5-3-4-6-17/h7-8,13H,3-6,9,16H2,1-2H3. The molecule has 1 heterocycles. The van der Waals surface area contributed by atoms with Gasteiger partial charge in [0.05, 0.1) is 12.1 Å². The molecule has 3 nitrogen and oxygen atoms in total. The summed E-state index contributed by atoms with van der Waals surface area (Å²) in [6, 6.07) is 4.28. The van der Waals surface area contributed by atoms with Gasteiger partial charge in [-0.3, -0.25) is 4.90 Å². The fourth-order valence-electron chi connectivity index (χ4n) is 2.71. The number of hydrogen-bond acceptors (Lipinski definition) is 3. The minimum absolute atomic E-state index is 0.274. The van der Waals surface area contributed by atoms with Crippen molar-refractivity contribution >= 4 is 11.6 Å². The Morgan fingerprint density at radius 3 is 2.61 bits per heavy atom. The quantitative estimate of drug-likeness (QED) is 0.913. The van der Waals surface area contributed by atoms with Crippen LogP contribution in [0, 0.1) is 6.92 Å². The van der Waals surface area contributed by atoms with Gasteiger partial charge in [0.15, 0.2) is 0 Å². The summed E-state index contributed by atoms with van der Waals surface area (Å²) in [5.74, 6) is 0.732. The van der Waals surface area contributed by atoms with Gasteiger partial charge >= 0.3 is 0 Å². The Balaban J connectivity index is 2.32. The molecule has 4 heteroatoms. The molecule has 1 aromatic rings. The summed E-state index contributed by atoms with van der Waals surface area (Å²) in [5.41, 5.74) is 8.38. The number of nitrogens with zero attached hydrogens (tertiary/aromatic N) is 1. The molecule has 1 aliphatic heterocycles. The summed E-state index contributed by atoms with van der Waals surface area (Å²) in [4.78, 5) is 2.45. The van der Waals surface area contributed by atoms with E-state index >= 15 is 0 Å². The molecule has 0 spiro atoms. The Kier molecular flexibility index (Phi) is 4.49. The van der Waals surface area contributed by atoms with Crippen molar-refractivity contribution in [2.24, 2.45) is 5.73 Å². The summed E-state index contributed by atoms with van der Waals surface area (Å²) in [7, 11) is 1.64. The SMILES string of the molecule is COc1cc(C)c(C(CN)N2CCCC2)cc1Cl. The second kappa shape index (κ2) is 5.91. The molecule has 100 valence electrons. The number of ether oxygens (including phenoxy) is 1. The van der Waals surface area contributed by atoms with Crippen LogP contribution in [0.2, 0.25) is 5.02 Å². The van der Waals surface area contributed by atoms with Gasteiger partial charge in [0.25, 0.3) is 0 Å². The Labute approximate surface area is 114 Å². The lowest BCUT2D eigenvalue weighted by molar-refractivity contribution is 0.250. The third kappa shape index (κ3) is 2.63. The van der Waals surface area contributed by atoms with Gasteiger partial charge in [-0.25, -0.2) is 0 Å². The summed E-state index contributed by atoms with van der Waals surface area (Å²) < 4.78 is 5.24. The number of hydrogen-bond donors (Lipinski definition) is 1. The molecule has 0 radical (unpaired) electrons. The van der Waals surface area contributed by atoms with Crippen LogP contribution in [0.15, 0.2) is 12.1 Å². The Hall–Kier alpha value is -0.770. The molecule has 2 N–H and O–H groups in total. The molecule has 1 fully saturated rings. The lowest BCUT2D eigenvalue weighted by atomic mass is 9.99. The topological polar surface area (TPSA) is 38.5 Å². The van der Waals surface area contributed by atoms with Gasteiger partial charge < -0.3 is 10.5 Å². The second-order valence-corrected chi connectivity index (χ2v) is 5.25. The van der Waals surface area contributed by atoms with Crippen molar-refractivity contribution in [1.82, 2.24) is 4.90 Å². The van der Waals surface area contributed by atoms with E-state index in [1.165, 1.54) is 24.0 Å². The van der Waals surface area contributed by atoms with Gasteiger partial charge in [0.2, 0.25) is 0 Å². The molecular weight excluding hydrogens is 248 g/mol. The Morgan fingerprint density at radius 2 is 2.06 bits per heavy atom. The van der Waals surface area contributed by atoms with Crippen molar-refractivity contribution in [3.8, 4) is 5.75 Å². The highest BCUT2D eigenvalue weighted by molar-refractivity contribution is 6.32. The molecule has 1 aromatic carbocycles. The monoisotopic (exact) mass is 268 g/mol. The molecule has 0 amide bonds. The average molecular weight is 269 g/mol. The second-order valence-electron chi connectivity index (χ2n) is 4.84. The van der Waals surface area contributed by atoms with E-state index in [9.17, 15) is 0 Å². The van der Waals surface area contributed by atoms with E-state index in [4.69, 9.17) is 22.1 Å². The first kappa shape index (κ1) is 13.7. The van der Waals surface area contributed by atoms with E-state index in [0.717, 1.165) is 18.8 Å². The number of nitrogens with two attached hydrogens (primary N) is 1. The van der Waals surface area contributed by atoms with E-state index in [1.807, 2.05) is 12.1 Å². The zero-order valence-corrected chi connectivity index (χ0v) is 11.8. The van der Waals surface area contributed by atoms with Crippen molar-refractivity contribution in [1.29, 1.82) is 0 Å². The highest BCUT2D eigenvalue weighted by Gasteiger charge is 2.24. The van der Waals surface area contributed by atoms with Crippen LogP contribution >= 0.6 is 11.6 Å². The van der Waals surface area contributed by atoms with Crippen LogP contribution < -0.4 is 10.5 Å². The van der Waals surface area contributed by atoms with Gasteiger partial charge in [0, 0.05) is 12.6 Å². The van der Waals surface area contributed by atoms with Crippen LogP contribution in [0.5, 0.6) is 5.75 Å². The number of aryl methyl sites for hydroxylation is 1. The summed E-state index contributed by atoms with van der Waals surface area (Å²) >= 11 is 6.22. The van der Waals surface area contributed by atoms with E-state index in [1.54, 1.807) is 7.11 Å². The molecule has 2 rings (SSSR count). The molecule has 0 aromatic heterocycles. The Morgan fingerprint density at radius 1 is 1.39 bits per heavy atom. The zero-order chi connectivity index (χ0) is 13.1. The van der Waals surface area contributed by atoms with Crippen LogP contribution in [0.25, 0.3) is 0 Å². The first-order valence-electron chi connectivity index (χ1n) is 6.45. The lowest BCUT2D eigenvalue weighted by Crippen LogP contribution is -2.31.